The highest BCUT2D eigenvalue weighted by Gasteiger charge is 2.00. The first-order valence-electron chi connectivity index (χ1n) is 4.18. The molecule has 0 nitrogen and oxygen atoms in total. The van der Waals surface area contributed by atoms with Gasteiger partial charge in [-0.2, -0.15) is 0 Å². The minimum absolute atomic E-state index is 0.704. The zero-order valence-corrected chi connectivity index (χ0v) is 9.16. The van der Waals surface area contributed by atoms with Gasteiger partial charge in [-0.3, -0.25) is 0 Å². The van der Waals surface area contributed by atoms with E-state index in [4.69, 9.17) is 0 Å². The van der Waals surface area contributed by atoms with Crippen LogP contribution in [0.2, 0.25) is 0 Å². The number of thioether (sulfide) groups is 1. The number of benzene rings is 1. The summed E-state index contributed by atoms with van der Waals surface area (Å²) >= 11 is 6.15. The Balaban J connectivity index is 2.58. The lowest BCUT2D eigenvalue weighted by molar-refractivity contribution is 0.905. The van der Waals surface area contributed by atoms with Crippen LogP contribution in [-0.2, 0) is 0 Å². The third-order valence-electron chi connectivity index (χ3n) is 1.75. The van der Waals surface area contributed by atoms with Crippen molar-refractivity contribution in [2.24, 2.45) is 0 Å². The summed E-state index contributed by atoms with van der Waals surface area (Å²) in [5.74, 6) is 0. The fraction of sp³-hybridized carbons (Fsp3) is 0.400. The van der Waals surface area contributed by atoms with Crippen molar-refractivity contribution in [1.82, 2.24) is 0 Å². The van der Waals surface area contributed by atoms with Crippen LogP contribution in [0.3, 0.4) is 0 Å². The van der Waals surface area contributed by atoms with Crippen molar-refractivity contribution < 1.29 is 0 Å². The monoisotopic (exact) mass is 198 g/mol. The van der Waals surface area contributed by atoms with Crippen molar-refractivity contribution in [2.45, 2.75) is 35.3 Å². The van der Waals surface area contributed by atoms with Gasteiger partial charge < -0.3 is 0 Å². The second kappa shape index (κ2) is 4.83. The van der Waals surface area contributed by atoms with Crippen LogP contribution in [-0.4, -0.2) is 5.25 Å². The van der Waals surface area contributed by atoms with Crippen LogP contribution >= 0.6 is 24.4 Å². The SMILES string of the molecule is CCC(C)Sc1ccc(S)cc1. The molecular formula is C10H14S2. The second-order valence-corrected chi connectivity index (χ2v) is 4.86. The molecule has 66 valence electrons. The van der Waals surface area contributed by atoms with Crippen molar-refractivity contribution in [3.63, 3.8) is 0 Å². The topological polar surface area (TPSA) is 0 Å². The molecule has 0 fully saturated rings. The Kier molecular flexibility index (Phi) is 4.02. The molecule has 0 aromatic heterocycles. The standard InChI is InChI=1S/C10H14S2/c1-3-8(2)12-10-6-4-9(11)5-7-10/h4-8,11H,3H2,1-2H3. The minimum Gasteiger partial charge on any atom is -0.143 e. The van der Waals surface area contributed by atoms with Gasteiger partial charge in [-0.15, -0.1) is 24.4 Å². The molecule has 1 atom stereocenters. The van der Waals surface area contributed by atoms with E-state index in [1.807, 2.05) is 23.9 Å². The van der Waals surface area contributed by atoms with Crippen molar-refractivity contribution in [1.29, 1.82) is 0 Å². The first kappa shape index (κ1) is 10.0. The Morgan fingerprint density at radius 2 is 1.92 bits per heavy atom. The van der Waals surface area contributed by atoms with Gasteiger partial charge in [-0.1, -0.05) is 13.8 Å². The fourth-order valence-corrected chi connectivity index (χ4v) is 1.91. The molecule has 0 N–H and O–H groups in total. The van der Waals surface area contributed by atoms with Gasteiger partial charge in [0.05, 0.1) is 0 Å². The molecule has 1 aromatic carbocycles. The molecule has 1 rings (SSSR count). The van der Waals surface area contributed by atoms with Gasteiger partial charge in [-0.25, -0.2) is 0 Å². The number of rotatable bonds is 3. The zero-order chi connectivity index (χ0) is 8.97. The summed E-state index contributed by atoms with van der Waals surface area (Å²) < 4.78 is 0. The quantitative estimate of drug-likeness (QED) is 0.568. The van der Waals surface area contributed by atoms with Gasteiger partial charge in [0, 0.05) is 15.0 Å². The summed E-state index contributed by atoms with van der Waals surface area (Å²) in [4.78, 5) is 2.37. The van der Waals surface area contributed by atoms with Crippen molar-refractivity contribution >= 4 is 24.4 Å². The predicted octanol–water partition coefficient (Wildman–Crippen LogP) is 3.87. The van der Waals surface area contributed by atoms with E-state index in [-0.39, 0.29) is 0 Å². The molecule has 12 heavy (non-hydrogen) atoms. The molecule has 0 amide bonds. The Hall–Kier alpha value is -0.0800. The maximum Gasteiger partial charge on any atom is 0.00754 e. The Bertz CT molecular complexity index is 228. The lowest BCUT2D eigenvalue weighted by Crippen LogP contribution is -1.91. The lowest BCUT2D eigenvalue weighted by Gasteiger charge is -2.07. The van der Waals surface area contributed by atoms with Crippen LogP contribution in [0.4, 0.5) is 0 Å². The van der Waals surface area contributed by atoms with E-state index in [1.54, 1.807) is 0 Å². The summed E-state index contributed by atoms with van der Waals surface area (Å²) in [5, 5.41) is 0.704. The van der Waals surface area contributed by atoms with Crippen molar-refractivity contribution in [2.75, 3.05) is 0 Å². The van der Waals surface area contributed by atoms with Crippen LogP contribution in [0.15, 0.2) is 34.1 Å². The van der Waals surface area contributed by atoms with E-state index >= 15 is 0 Å². The van der Waals surface area contributed by atoms with Crippen molar-refractivity contribution in [3.8, 4) is 0 Å². The van der Waals surface area contributed by atoms with Gasteiger partial charge in [0.2, 0.25) is 0 Å². The molecule has 0 spiro atoms. The largest absolute Gasteiger partial charge is 0.143 e. The second-order valence-electron chi connectivity index (χ2n) is 2.83. The summed E-state index contributed by atoms with van der Waals surface area (Å²) in [6, 6.07) is 8.32. The highest BCUT2D eigenvalue weighted by molar-refractivity contribution is 7.99. The van der Waals surface area contributed by atoms with Gasteiger partial charge in [-0.05, 0) is 30.7 Å². The highest BCUT2D eigenvalue weighted by Crippen LogP contribution is 2.25. The Morgan fingerprint density at radius 3 is 2.42 bits per heavy atom. The number of hydrogen-bond donors (Lipinski definition) is 1. The fourth-order valence-electron chi connectivity index (χ4n) is 0.840. The van der Waals surface area contributed by atoms with Gasteiger partial charge >= 0.3 is 0 Å². The molecule has 0 aliphatic carbocycles. The van der Waals surface area contributed by atoms with Gasteiger partial charge in [0.1, 0.15) is 0 Å². The average Bonchev–Trinajstić information content (AvgIpc) is 2.09. The molecule has 0 bridgehead atoms. The van der Waals surface area contributed by atoms with Crippen LogP contribution < -0.4 is 0 Å². The lowest BCUT2D eigenvalue weighted by atomic mass is 10.4. The van der Waals surface area contributed by atoms with Crippen LogP contribution in [0.1, 0.15) is 20.3 Å². The first-order valence-corrected chi connectivity index (χ1v) is 5.50. The predicted molar refractivity (Wildman–Crippen MR) is 59.3 cm³/mol. The third-order valence-corrected chi connectivity index (χ3v) is 3.33. The Morgan fingerprint density at radius 1 is 1.33 bits per heavy atom. The minimum atomic E-state index is 0.704. The molecule has 0 radical (unpaired) electrons. The van der Waals surface area contributed by atoms with Crippen LogP contribution in [0.5, 0.6) is 0 Å². The summed E-state index contributed by atoms with van der Waals surface area (Å²) in [7, 11) is 0. The zero-order valence-electron chi connectivity index (χ0n) is 7.45. The first-order chi connectivity index (χ1) is 5.72. The van der Waals surface area contributed by atoms with E-state index in [9.17, 15) is 0 Å². The molecule has 0 heterocycles. The number of hydrogen-bond acceptors (Lipinski definition) is 2. The highest BCUT2D eigenvalue weighted by atomic mass is 32.2. The van der Waals surface area contributed by atoms with Crippen molar-refractivity contribution in [3.05, 3.63) is 24.3 Å². The summed E-state index contributed by atoms with van der Waals surface area (Å²) in [5.41, 5.74) is 0. The molecule has 0 saturated carbocycles. The molecule has 0 saturated heterocycles. The number of thiol groups is 1. The molecule has 2 heteroatoms. The average molecular weight is 198 g/mol. The van der Waals surface area contributed by atoms with Gasteiger partial charge in [0.25, 0.3) is 0 Å². The van der Waals surface area contributed by atoms with E-state index < -0.39 is 0 Å². The molecular weight excluding hydrogens is 184 g/mol. The van der Waals surface area contributed by atoms with Crippen LogP contribution in [0.25, 0.3) is 0 Å². The third kappa shape index (κ3) is 3.11. The van der Waals surface area contributed by atoms with E-state index in [0.29, 0.717) is 5.25 Å². The smallest absolute Gasteiger partial charge is 0.00754 e. The van der Waals surface area contributed by atoms with E-state index in [0.717, 1.165) is 4.90 Å². The molecule has 0 aliphatic rings. The van der Waals surface area contributed by atoms with Gasteiger partial charge in [0.15, 0.2) is 0 Å². The summed E-state index contributed by atoms with van der Waals surface area (Å²) in [6.45, 7) is 4.46. The summed E-state index contributed by atoms with van der Waals surface area (Å²) in [6.07, 6.45) is 1.22. The van der Waals surface area contributed by atoms with E-state index in [1.165, 1.54) is 11.3 Å². The van der Waals surface area contributed by atoms with E-state index in [2.05, 4.69) is 38.6 Å². The normalized spacial score (nSPS) is 12.9. The molecule has 1 unspecified atom stereocenters. The van der Waals surface area contributed by atoms with Crippen LogP contribution in [0, 0.1) is 0 Å². The molecule has 1 aromatic rings. The maximum absolute atomic E-state index is 4.24. The molecule has 0 aliphatic heterocycles. The Labute approximate surface area is 84.2 Å². The maximum atomic E-state index is 4.24.